The lowest BCUT2D eigenvalue weighted by Gasteiger charge is -2.06. The summed E-state index contributed by atoms with van der Waals surface area (Å²) in [5.41, 5.74) is 7.02. The minimum atomic E-state index is 0.0703. The number of hydrogen-bond donors (Lipinski definition) is 3. The number of nitrogens with one attached hydrogen (secondary N) is 1. The SMILES string of the molecule is Nc1nsc(NCCOCCO)c1C1CC1. The zero-order chi connectivity index (χ0) is 11.4. The van der Waals surface area contributed by atoms with Gasteiger partial charge in [0.15, 0.2) is 0 Å². The number of rotatable bonds is 7. The lowest BCUT2D eigenvalue weighted by molar-refractivity contribution is 0.0992. The normalized spacial score (nSPS) is 15.3. The second-order valence-electron chi connectivity index (χ2n) is 3.85. The van der Waals surface area contributed by atoms with E-state index in [1.54, 1.807) is 0 Å². The zero-order valence-electron chi connectivity index (χ0n) is 9.11. The van der Waals surface area contributed by atoms with Crippen molar-refractivity contribution < 1.29 is 9.84 Å². The van der Waals surface area contributed by atoms with Gasteiger partial charge in [-0.3, -0.25) is 0 Å². The van der Waals surface area contributed by atoms with Gasteiger partial charge in [0.05, 0.1) is 19.8 Å². The van der Waals surface area contributed by atoms with E-state index in [4.69, 9.17) is 15.6 Å². The molecule has 5 nitrogen and oxygen atoms in total. The summed E-state index contributed by atoms with van der Waals surface area (Å²) in [4.78, 5) is 0. The highest BCUT2D eigenvalue weighted by atomic mass is 32.1. The highest BCUT2D eigenvalue weighted by Gasteiger charge is 2.30. The van der Waals surface area contributed by atoms with E-state index in [1.165, 1.54) is 29.9 Å². The molecule has 6 heteroatoms. The van der Waals surface area contributed by atoms with Crippen molar-refractivity contribution in [3.63, 3.8) is 0 Å². The van der Waals surface area contributed by atoms with Crippen LogP contribution in [0, 0.1) is 0 Å². The van der Waals surface area contributed by atoms with Gasteiger partial charge in [-0.15, -0.1) is 0 Å². The third-order valence-corrected chi connectivity index (χ3v) is 3.34. The molecule has 0 aliphatic heterocycles. The van der Waals surface area contributed by atoms with E-state index in [-0.39, 0.29) is 6.61 Å². The number of ether oxygens (including phenoxy) is 1. The fourth-order valence-electron chi connectivity index (χ4n) is 1.61. The predicted octanol–water partition coefficient (Wildman–Crippen LogP) is 1.02. The molecule has 1 aliphatic rings. The largest absolute Gasteiger partial charge is 0.394 e. The van der Waals surface area contributed by atoms with Crippen LogP contribution in [0.1, 0.15) is 24.3 Å². The summed E-state index contributed by atoms with van der Waals surface area (Å²) in [6.07, 6.45) is 2.44. The Morgan fingerprint density at radius 2 is 2.31 bits per heavy atom. The van der Waals surface area contributed by atoms with Crippen LogP contribution in [0.4, 0.5) is 10.8 Å². The first-order valence-electron chi connectivity index (χ1n) is 5.50. The molecule has 4 N–H and O–H groups in total. The maximum atomic E-state index is 8.54. The van der Waals surface area contributed by atoms with Crippen LogP contribution in [0.25, 0.3) is 0 Å². The number of nitrogen functional groups attached to an aromatic ring is 1. The van der Waals surface area contributed by atoms with Gasteiger partial charge in [0, 0.05) is 12.1 Å². The first-order valence-corrected chi connectivity index (χ1v) is 6.27. The average Bonchev–Trinajstić information content (AvgIpc) is 3.04. The molecule has 1 aromatic heterocycles. The summed E-state index contributed by atoms with van der Waals surface area (Å²) >= 11 is 1.42. The Morgan fingerprint density at radius 3 is 3.00 bits per heavy atom. The molecule has 1 heterocycles. The Kier molecular flexibility index (Phi) is 3.98. The summed E-state index contributed by atoms with van der Waals surface area (Å²) in [6, 6.07) is 0. The van der Waals surface area contributed by atoms with Crippen LogP contribution < -0.4 is 11.1 Å². The molecule has 90 valence electrons. The highest BCUT2D eigenvalue weighted by molar-refractivity contribution is 7.10. The van der Waals surface area contributed by atoms with Gasteiger partial charge >= 0.3 is 0 Å². The van der Waals surface area contributed by atoms with E-state index < -0.39 is 0 Å². The summed E-state index contributed by atoms with van der Waals surface area (Å²) in [5, 5.41) is 12.9. The summed E-state index contributed by atoms with van der Waals surface area (Å²) < 4.78 is 9.34. The molecule has 0 atom stereocenters. The molecule has 1 aromatic rings. The van der Waals surface area contributed by atoms with Crippen molar-refractivity contribution in [3.8, 4) is 0 Å². The minimum absolute atomic E-state index is 0.0703. The Bertz CT molecular complexity index is 339. The summed E-state index contributed by atoms with van der Waals surface area (Å²) in [6.45, 7) is 1.77. The smallest absolute Gasteiger partial charge is 0.142 e. The number of nitrogens with zero attached hydrogens (tertiary/aromatic N) is 1. The lowest BCUT2D eigenvalue weighted by atomic mass is 10.2. The number of hydrogen-bond acceptors (Lipinski definition) is 6. The second-order valence-corrected chi connectivity index (χ2v) is 4.62. The summed E-state index contributed by atoms with van der Waals surface area (Å²) in [5.74, 6) is 1.28. The van der Waals surface area contributed by atoms with Crippen LogP contribution >= 0.6 is 11.5 Å². The van der Waals surface area contributed by atoms with Gasteiger partial charge in [-0.25, -0.2) is 0 Å². The molecule has 16 heavy (non-hydrogen) atoms. The number of aromatic nitrogens is 1. The Morgan fingerprint density at radius 1 is 1.50 bits per heavy atom. The van der Waals surface area contributed by atoms with Crippen molar-refractivity contribution in [1.82, 2.24) is 4.37 Å². The van der Waals surface area contributed by atoms with E-state index in [2.05, 4.69) is 9.69 Å². The van der Waals surface area contributed by atoms with Crippen molar-refractivity contribution in [2.45, 2.75) is 18.8 Å². The van der Waals surface area contributed by atoms with Crippen molar-refractivity contribution in [1.29, 1.82) is 0 Å². The van der Waals surface area contributed by atoms with Crippen LogP contribution in [0.3, 0.4) is 0 Å². The third-order valence-electron chi connectivity index (χ3n) is 2.51. The van der Waals surface area contributed by atoms with Crippen molar-refractivity contribution in [2.75, 3.05) is 37.4 Å². The molecule has 0 bridgehead atoms. The molecular formula is C10H17N3O2S. The molecule has 1 aliphatic carbocycles. The van der Waals surface area contributed by atoms with E-state index in [0.29, 0.717) is 24.9 Å². The fourth-order valence-corrected chi connectivity index (χ4v) is 2.43. The van der Waals surface area contributed by atoms with Crippen molar-refractivity contribution >= 4 is 22.4 Å². The fraction of sp³-hybridized carbons (Fsp3) is 0.700. The Hall–Kier alpha value is -0.850. The number of aliphatic hydroxyl groups is 1. The maximum absolute atomic E-state index is 8.54. The third kappa shape index (κ3) is 2.84. The van der Waals surface area contributed by atoms with Crippen LogP contribution in [0.2, 0.25) is 0 Å². The minimum Gasteiger partial charge on any atom is -0.394 e. The Labute approximate surface area is 98.8 Å². The first-order chi connectivity index (χ1) is 7.83. The van der Waals surface area contributed by atoms with Gasteiger partial charge in [0.2, 0.25) is 0 Å². The van der Waals surface area contributed by atoms with E-state index >= 15 is 0 Å². The molecule has 0 amide bonds. The quantitative estimate of drug-likeness (QED) is 0.623. The van der Waals surface area contributed by atoms with Gasteiger partial charge in [0.25, 0.3) is 0 Å². The highest BCUT2D eigenvalue weighted by Crippen LogP contribution is 2.47. The van der Waals surface area contributed by atoms with Gasteiger partial charge in [0.1, 0.15) is 10.8 Å². The molecule has 0 unspecified atom stereocenters. The number of anilines is 2. The van der Waals surface area contributed by atoms with Gasteiger partial charge < -0.3 is 20.9 Å². The second kappa shape index (κ2) is 5.47. The van der Waals surface area contributed by atoms with E-state index in [0.717, 1.165) is 11.5 Å². The van der Waals surface area contributed by atoms with Gasteiger partial charge in [-0.05, 0) is 30.3 Å². The first kappa shape index (κ1) is 11.6. The molecule has 0 spiro atoms. The molecule has 0 saturated heterocycles. The molecular weight excluding hydrogens is 226 g/mol. The van der Waals surface area contributed by atoms with Crippen LogP contribution in [-0.2, 0) is 4.74 Å². The van der Waals surface area contributed by atoms with Crippen molar-refractivity contribution in [3.05, 3.63) is 5.56 Å². The predicted molar refractivity (Wildman–Crippen MR) is 64.9 cm³/mol. The number of nitrogens with two attached hydrogens (primary N) is 1. The van der Waals surface area contributed by atoms with Gasteiger partial charge in [-0.1, -0.05) is 0 Å². The zero-order valence-corrected chi connectivity index (χ0v) is 9.92. The molecule has 1 fully saturated rings. The summed E-state index contributed by atoms with van der Waals surface area (Å²) in [7, 11) is 0. The van der Waals surface area contributed by atoms with Crippen LogP contribution in [0.5, 0.6) is 0 Å². The molecule has 0 radical (unpaired) electrons. The van der Waals surface area contributed by atoms with Gasteiger partial charge in [-0.2, -0.15) is 4.37 Å². The van der Waals surface area contributed by atoms with Crippen LogP contribution in [0.15, 0.2) is 0 Å². The number of aliphatic hydroxyl groups excluding tert-OH is 1. The monoisotopic (exact) mass is 243 g/mol. The average molecular weight is 243 g/mol. The molecule has 2 rings (SSSR count). The maximum Gasteiger partial charge on any atom is 0.142 e. The van der Waals surface area contributed by atoms with E-state index in [1.807, 2.05) is 0 Å². The molecule has 1 saturated carbocycles. The topological polar surface area (TPSA) is 80.4 Å². The van der Waals surface area contributed by atoms with Crippen molar-refractivity contribution in [2.24, 2.45) is 0 Å². The Balaban J connectivity index is 1.80. The molecule has 0 aromatic carbocycles. The van der Waals surface area contributed by atoms with Crippen LogP contribution in [-0.4, -0.2) is 35.8 Å². The standard InChI is InChI=1S/C10H17N3O2S/c11-9-8(7-1-2-7)10(16-13-9)12-3-5-15-6-4-14/h7,12,14H,1-6H2,(H2,11,13). The lowest BCUT2D eigenvalue weighted by Crippen LogP contribution is -2.11. The van der Waals surface area contributed by atoms with E-state index in [9.17, 15) is 0 Å².